The normalized spacial score (nSPS) is 23.1. The summed E-state index contributed by atoms with van der Waals surface area (Å²) in [5.41, 5.74) is 0.611. The number of hydrogen-bond acceptors (Lipinski definition) is 5. The molecule has 0 saturated carbocycles. The Kier molecular flexibility index (Phi) is 4.36. The molecule has 1 aliphatic rings. The molecule has 7 heteroatoms. The molecule has 0 spiro atoms. The zero-order valence-electron chi connectivity index (χ0n) is 10.9. The summed E-state index contributed by atoms with van der Waals surface area (Å²) in [7, 11) is 0. The van der Waals surface area contributed by atoms with Gasteiger partial charge in [-0.05, 0) is 42.6 Å². The second-order valence-electron chi connectivity index (χ2n) is 4.74. The van der Waals surface area contributed by atoms with Gasteiger partial charge in [-0.2, -0.15) is 0 Å². The molecule has 1 N–H and O–H groups in total. The molecule has 0 aromatic carbocycles. The molecule has 6 nitrogen and oxygen atoms in total. The van der Waals surface area contributed by atoms with Crippen LogP contribution in [0, 0.1) is 17.0 Å². The molecule has 0 radical (unpaired) electrons. The number of rotatable bonds is 3. The van der Waals surface area contributed by atoms with E-state index in [-0.39, 0.29) is 17.8 Å². The Balaban J connectivity index is 2.17. The van der Waals surface area contributed by atoms with Gasteiger partial charge < -0.3 is 10.1 Å². The first-order valence-electron chi connectivity index (χ1n) is 6.16. The van der Waals surface area contributed by atoms with Gasteiger partial charge in [-0.15, -0.1) is 0 Å². The number of nitrogens with one attached hydrogen (secondary N) is 1. The second-order valence-corrected chi connectivity index (χ2v) is 5.53. The molecule has 104 valence electrons. The van der Waals surface area contributed by atoms with Gasteiger partial charge in [0.2, 0.25) is 0 Å². The number of nitrogens with zero attached hydrogens (tertiary/aromatic N) is 2. The van der Waals surface area contributed by atoms with Crippen LogP contribution in [0.1, 0.15) is 25.3 Å². The zero-order valence-corrected chi connectivity index (χ0v) is 12.4. The Bertz CT molecular complexity index is 495. The summed E-state index contributed by atoms with van der Waals surface area (Å²) in [6, 6.07) is 0.286. The lowest BCUT2D eigenvalue weighted by Gasteiger charge is -2.28. The van der Waals surface area contributed by atoms with E-state index >= 15 is 0 Å². The van der Waals surface area contributed by atoms with Gasteiger partial charge in [-0.1, -0.05) is 0 Å². The minimum atomic E-state index is -0.423. The lowest BCUT2D eigenvalue weighted by Crippen LogP contribution is -2.32. The van der Waals surface area contributed by atoms with Gasteiger partial charge in [-0.3, -0.25) is 10.1 Å². The quantitative estimate of drug-likeness (QED) is 0.681. The highest BCUT2D eigenvalue weighted by Crippen LogP contribution is 2.31. The van der Waals surface area contributed by atoms with Gasteiger partial charge >= 0.3 is 0 Å². The average molecular weight is 330 g/mol. The van der Waals surface area contributed by atoms with Gasteiger partial charge in [0.05, 0.1) is 15.5 Å². The summed E-state index contributed by atoms with van der Waals surface area (Å²) in [5.74, 6) is 0.655. The molecule has 0 aliphatic carbocycles. The Morgan fingerprint density at radius 1 is 1.63 bits per heavy atom. The van der Waals surface area contributed by atoms with Crippen molar-refractivity contribution >= 4 is 27.4 Å². The molecule has 0 bridgehead atoms. The predicted molar refractivity (Wildman–Crippen MR) is 75.4 cm³/mol. The van der Waals surface area contributed by atoms with Crippen LogP contribution < -0.4 is 5.32 Å². The van der Waals surface area contributed by atoms with Gasteiger partial charge in [0.1, 0.15) is 12.0 Å². The van der Waals surface area contributed by atoms with Gasteiger partial charge in [-0.25, -0.2) is 4.98 Å². The number of hydrogen-bond donors (Lipinski definition) is 1. The topological polar surface area (TPSA) is 77.3 Å². The van der Waals surface area contributed by atoms with Crippen LogP contribution in [0.4, 0.5) is 11.5 Å². The summed E-state index contributed by atoms with van der Waals surface area (Å²) in [6.45, 7) is 4.47. The first-order valence-corrected chi connectivity index (χ1v) is 6.96. The predicted octanol–water partition coefficient (Wildman–Crippen LogP) is 3.04. The minimum absolute atomic E-state index is 0.0257. The smallest absolute Gasteiger partial charge is 0.291 e. The standard InChI is InChI=1S/C12H16BrN3O3/c1-7-5-9(3-4-19-7)15-12-11(13)8(2)10(6-14-12)16(17)18/h6-7,9H,3-5H2,1-2H3,(H,14,15). The number of ether oxygens (including phenoxy) is 1. The van der Waals surface area contributed by atoms with E-state index < -0.39 is 4.92 Å². The molecule has 2 atom stereocenters. The molecule has 1 aliphatic heterocycles. The Morgan fingerprint density at radius 3 is 3.00 bits per heavy atom. The fraction of sp³-hybridized carbons (Fsp3) is 0.583. The molecule has 1 fully saturated rings. The molecular weight excluding hydrogens is 314 g/mol. The van der Waals surface area contributed by atoms with Crippen molar-refractivity contribution < 1.29 is 9.66 Å². The van der Waals surface area contributed by atoms with E-state index in [0.717, 1.165) is 19.4 Å². The molecular formula is C12H16BrN3O3. The number of pyridine rings is 1. The number of halogens is 1. The number of anilines is 1. The molecule has 19 heavy (non-hydrogen) atoms. The van der Waals surface area contributed by atoms with Crippen LogP contribution in [-0.2, 0) is 4.74 Å². The molecule has 2 rings (SSSR count). The van der Waals surface area contributed by atoms with Crippen molar-refractivity contribution in [1.82, 2.24) is 4.98 Å². The average Bonchev–Trinajstić information content (AvgIpc) is 2.35. The maximum atomic E-state index is 10.8. The second kappa shape index (κ2) is 5.83. The van der Waals surface area contributed by atoms with Crippen LogP contribution in [0.3, 0.4) is 0 Å². The van der Waals surface area contributed by atoms with Crippen LogP contribution in [-0.4, -0.2) is 28.7 Å². The van der Waals surface area contributed by atoms with Crippen LogP contribution in [0.25, 0.3) is 0 Å². The first kappa shape index (κ1) is 14.2. The van der Waals surface area contributed by atoms with Crippen molar-refractivity contribution in [2.45, 2.75) is 38.8 Å². The maximum absolute atomic E-state index is 10.8. The van der Waals surface area contributed by atoms with E-state index in [2.05, 4.69) is 26.2 Å². The minimum Gasteiger partial charge on any atom is -0.378 e. The monoisotopic (exact) mass is 329 g/mol. The van der Waals surface area contributed by atoms with E-state index in [1.165, 1.54) is 6.20 Å². The summed E-state index contributed by atoms with van der Waals surface area (Å²) in [6.07, 6.45) is 3.34. The fourth-order valence-corrected chi connectivity index (χ4v) is 2.60. The number of aromatic nitrogens is 1. The highest BCUT2D eigenvalue weighted by Gasteiger charge is 2.22. The van der Waals surface area contributed by atoms with E-state index in [0.29, 0.717) is 15.9 Å². The van der Waals surface area contributed by atoms with Crippen molar-refractivity contribution in [3.63, 3.8) is 0 Å². The van der Waals surface area contributed by atoms with Crippen LogP contribution in [0.15, 0.2) is 10.7 Å². The highest BCUT2D eigenvalue weighted by atomic mass is 79.9. The summed E-state index contributed by atoms with van der Waals surface area (Å²) >= 11 is 3.38. The van der Waals surface area contributed by atoms with Crippen LogP contribution >= 0.6 is 15.9 Å². The van der Waals surface area contributed by atoms with E-state index in [1.807, 2.05) is 6.92 Å². The number of nitro groups is 1. The Morgan fingerprint density at radius 2 is 2.37 bits per heavy atom. The van der Waals surface area contributed by atoms with Crippen LogP contribution in [0.2, 0.25) is 0 Å². The van der Waals surface area contributed by atoms with E-state index in [4.69, 9.17) is 4.74 Å². The van der Waals surface area contributed by atoms with Crippen molar-refractivity contribution in [2.75, 3.05) is 11.9 Å². The largest absolute Gasteiger partial charge is 0.378 e. The highest BCUT2D eigenvalue weighted by molar-refractivity contribution is 9.10. The Hall–Kier alpha value is -1.21. The zero-order chi connectivity index (χ0) is 14.0. The third kappa shape index (κ3) is 3.22. The Labute approximate surface area is 119 Å². The van der Waals surface area contributed by atoms with Gasteiger partial charge in [0.25, 0.3) is 5.69 Å². The van der Waals surface area contributed by atoms with Crippen molar-refractivity contribution in [2.24, 2.45) is 0 Å². The lowest BCUT2D eigenvalue weighted by molar-refractivity contribution is -0.385. The SMILES string of the molecule is Cc1c([N+](=O)[O-])cnc(NC2CCOC(C)C2)c1Br. The summed E-state index contributed by atoms with van der Waals surface area (Å²) in [5, 5.41) is 14.2. The van der Waals surface area contributed by atoms with Crippen molar-refractivity contribution in [3.8, 4) is 0 Å². The third-order valence-electron chi connectivity index (χ3n) is 3.26. The molecule has 0 amide bonds. The van der Waals surface area contributed by atoms with Gasteiger partial charge in [0.15, 0.2) is 0 Å². The van der Waals surface area contributed by atoms with E-state index in [1.54, 1.807) is 6.92 Å². The molecule has 1 saturated heterocycles. The third-order valence-corrected chi connectivity index (χ3v) is 4.23. The molecule has 1 aromatic rings. The fourth-order valence-electron chi connectivity index (χ4n) is 2.18. The summed E-state index contributed by atoms with van der Waals surface area (Å²) < 4.78 is 6.14. The van der Waals surface area contributed by atoms with Gasteiger partial charge in [0, 0.05) is 18.2 Å². The summed E-state index contributed by atoms with van der Waals surface area (Å²) in [4.78, 5) is 14.5. The van der Waals surface area contributed by atoms with Crippen molar-refractivity contribution in [3.05, 3.63) is 26.3 Å². The maximum Gasteiger partial charge on any atom is 0.291 e. The van der Waals surface area contributed by atoms with Crippen LogP contribution in [0.5, 0.6) is 0 Å². The van der Waals surface area contributed by atoms with E-state index in [9.17, 15) is 10.1 Å². The van der Waals surface area contributed by atoms with Crippen molar-refractivity contribution in [1.29, 1.82) is 0 Å². The lowest BCUT2D eigenvalue weighted by atomic mass is 10.0. The molecule has 1 aromatic heterocycles. The molecule has 2 unspecified atom stereocenters. The molecule has 2 heterocycles. The first-order chi connectivity index (χ1) is 8.99.